The van der Waals surface area contributed by atoms with Crippen molar-refractivity contribution in [3.05, 3.63) is 62.1 Å². The Morgan fingerprint density at radius 1 is 1.20 bits per heavy atom. The third-order valence-corrected chi connectivity index (χ3v) is 3.25. The van der Waals surface area contributed by atoms with E-state index in [1.165, 1.54) is 12.1 Å². The summed E-state index contributed by atoms with van der Waals surface area (Å²) in [5, 5.41) is 24.1. The average Bonchev–Trinajstić information content (AvgIpc) is 2.38. The molecular weight excluding hydrogens is 303 g/mol. The Hall–Kier alpha value is -1.98. The molecule has 0 bridgehead atoms. The zero-order valence-electron chi connectivity index (χ0n) is 10.1. The van der Waals surface area contributed by atoms with Gasteiger partial charge in [-0.05, 0) is 29.8 Å². The molecule has 2 N–H and O–H groups in total. The molecule has 0 heterocycles. The van der Waals surface area contributed by atoms with Gasteiger partial charge in [0.25, 0.3) is 5.69 Å². The lowest BCUT2D eigenvalue weighted by molar-refractivity contribution is -0.384. The lowest BCUT2D eigenvalue weighted by Crippen LogP contribution is -2.03. The summed E-state index contributed by atoms with van der Waals surface area (Å²) in [4.78, 5) is 10.3. The fourth-order valence-corrected chi connectivity index (χ4v) is 2.15. The topological polar surface area (TPSA) is 75.4 Å². The summed E-state index contributed by atoms with van der Waals surface area (Å²) >= 11 is 11.8. The van der Waals surface area contributed by atoms with Crippen LogP contribution in [0.15, 0.2) is 36.4 Å². The smallest absolute Gasteiger partial charge is 0.296 e. The van der Waals surface area contributed by atoms with Gasteiger partial charge in [-0.25, -0.2) is 0 Å². The molecule has 0 saturated carbocycles. The molecular formula is C13H10Cl2N2O3. The molecule has 0 aliphatic rings. The van der Waals surface area contributed by atoms with Crippen LogP contribution in [0.3, 0.4) is 0 Å². The fourth-order valence-electron chi connectivity index (χ4n) is 1.68. The molecule has 0 spiro atoms. The van der Waals surface area contributed by atoms with Gasteiger partial charge in [0, 0.05) is 16.6 Å². The summed E-state index contributed by atoms with van der Waals surface area (Å²) in [5.41, 5.74) is 0.868. The molecule has 0 amide bonds. The number of nitrogens with zero attached hydrogens (tertiary/aromatic N) is 1. The summed E-state index contributed by atoms with van der Waals surface area (Å²) in [6.07, 6.45) is 0. The molecule has 2 rings (SSSR count). The van der Waals surface area contributed by atoms with Gasteiger partial charge in [0.2, 0.25) is 0 Å². The molecule has 0 atom stereocenters. The number of rotatable bonds is 4. The molecule has 20 heavy (non-hydrogen) atoms. The van der Waals surface area contributed by atoms with Gasteiger partial charge >= 0.3 is 0 Å². The summed E-state index contributed by atoms with van der Waals surface area (Å²) < 4.78 is 0. The lowest BCUT2D eigenvalue weighted by Gasteiger charge is -2.09. The molecule has 0 saturated heterocycles. The minimum absolute atomic E-state index is 0.160. The molecule has 7 heteroatoms. The Balaban J connectivity index is 2.20. The van der Waals surface area contributed by atoms with Crippen molar-refractivity contribution in [3.8, 4) is 5.75 Å². The summed E-state index contributed by atoms with van der Waals surface area (Å²) in [5.74, 6) is -0.160. The summed E-state index contributed by atoms with van der Waals surface area (Å²) in [7, 11) is 0. The van der Waals surface area contributed by atoms with Crippen LogP contribution in [0.1, 0.15) is 5.56 Å². The largest absolute Gasteiger partial charge is 0.508 e. The van der Waals surface area contributed by atoms with Crippen molar-refractivity contribution in [2.75, 3.05) is 5.32 Å². The number of anilines is 1. The molecule has 0 aliphatic heterocycles. The molecule has 2 aromatic rings. The Kier molecular flexibility index (Phi) is 4.32. The number of phenolic OH excluding ortho intramolecular Hbond substituents is 1. The van der Waals surface area contributed by atoms with Crippen molar-refractivity contribution >= 4 is 34.6 Å². The number of halogens is 2. The first kappa shape index (κ1) is 14.4. The van der Waals surface area contributed by atoms with Crippen LogP contribution in [0.25, 0.3) is 0 Å². The minimum atomic E-state index is -0.564. The van der Waals surface area contributed by atoms with Crippen LogP contribution in [0.5, 0.6) is 5.75 Å². The maximum atomic E-state index is 10.9. The first-order valence-electron chi connectivity index (χ1n) is 5.62. The highest BCUT2D eigenvalue weighted by Crippen LogP contribution is 2.29. The molecule has 5 nitrogen and oxygen atoms in total. The highest BCUT2D eigenvalue weighted by Gasteiger charge is 2.14. The number of nitro groups is 1. The Morgan fingerprint density at radius 2 is 1.95 bits per heavy atom. The first-order valence-corrected chi connectivity index (χ1v) is 6.38. The number of benzene rings is 2. The van der Waals surface area contributed by atoms with E-state index in [9.17, 15) is 15.2 Å². The van der Waals surface area contributed by atoms with Crippen molar-refractivity contribution < 1.29 is 10.0 Å². The number of aromatic hydroxyl groups is 1. The zero-order chi connectivity index (χ0) is 14.7. The van der Waals surface area contributed by atoms with E-state index >= 15 is 0 Å². The Bertz CT molecular complexity index is 662. The van der Waals surface area contributed by atoms with Crippen LogP contribution in [-0.2, 0) is 6.54 Å². The van der Waals surface area contributed by atoms with Crippen LogP contribution < -0.4 is 5.32 Å². The van der Waals surface area contributed by atoms with Gasteiger partial charge < -0.3 is 10.4 Å². The van der Waals surface area contributed by atoms with Crippen LogP contribution in [0, 0.1) is 10.1 Å². The second-order valence-electron chi connectivity index (χ2n) is 4.05. The normalized spacial score (nSPS) is 10.3. The standard InChI is InChI=1S/C13H10Cl2N2O3/c14-9-2-1-8(11(15)5-9)7-16-12-4-3-10(18)6-13(12)17(19)20/h1-6,16,18H,7H2. The third kappa shape index (κ3) is 3.31. The average molecular weight is 313 g/mol. The van der Waals surface area contributed by atoms with Gasteiger partial charge in [0.1, 0.15) is 11.4 Å². The van der Waals surface area contributed by atoms with Gasteiger partial charge in [-0.3, -0.25) is 10.1 Å². The number of phenols is 1. The molecule has 2 aromatic carbocycles. The van der Waals surface area contributed by atoms with E-state index in [1.807, 2.05) is 0 Å². The van der Waals surface area contributed by atoms with Crippen molar-refractivity contribution in [1.29, 1.82) is 0 Å². The van der Waals surface area contributed by atoms with Gasteiger partial charge in [-0.2, -0.15) is 0 Å². The van der Waals surface area contributed by atoms with Crippen LogP contribution >= 0.6 is 23.2 Å². The predicted molar refractivity (Wildman–Crippen MR) is 78.5 cm³/mol. The quantitative estimate of drug-likeness (QED) is 0.503. The van der Waals surface area contributed by atoms with E-state index < -0.39 is 4.92 Å². The second kappa shape index (κ2) is 5.98. The second-order valence-corrected chi connectivity index (χ2v) is 4.89. The molecule has 104 valence electrons. The van der Waals surface area contributed by atoms with E-state index in [1.54, 1.807) is 18.2 Å². The number of nitro benzene ring substituents is 1. The highest BCUT2D eigenvalue weighted by atomic mass is 35.5. The fraction of sp³-hybridized carbons (Fsp3) is 0.0769. The SMILES string of the molecule is O=[N+]([O-])c1cc(O)ccc1NCc1ccc(Cl)cc1Cl. The number of hydrogen-bond donors (Lipinski definition) is 2. The Labute approximate surface area is 124 Å². The predicted octanol–water partition coefficient (Wildman–Crippen LogP) is 4.22. The van der Waals surface area contributed by atoms with E-state index in [4.69, 9.17) is 23.2 Å². The maximum Gasteiger partial charge on any atom is 0.296 e. The number of nitrogens with one attached hydrogen (secondary N) is 1. The van der Waals surface area contributed by atoms with Crippen LogP contribution in [0.2, 0.25) is 10.0 Å². The van der Waals surface area contributed by atoms with Crippen molar-refractivity contribution in [1.82, 2.24) is 0 Å². The van der Waals surface area contributed by atoms with E-state index in [2.05, 4.69) is 5.32 Å². The first-order chi connectivity index (χ1) is 9.47. The highest BCUT2D eigenvalue weighted by molar-refractivity contribution is 6.35. The minimum Gasteiger partial charge on any atom is -0.508 e. The van der Waals surface area contributed by atoms with E-state index in [-0.39, 0.29) is 11.4 Å². The molecule has 0 unspecified atom stereocenters. The lowest BCUT2D eigenvalue weighted by atomic mass is 10.2. The Morgan fingerprint density at radius 3 is 2.60 bits per heavy atom. The van der Waals surface area contributed by atoms with Crippen LogP contribution in [-0.4, -0.2) is 10.0 Å². The van der Waals surface area contributed by atoms with Crippen molar-refractivity contribution in [2.45, 2.75) is 6.54 Å². The van der Waals surface area contributed by atoms with Crippen LogP contribution in [0.4, 0.5) is 11.4 Å². The van der Waals surface area contributed by atoms with Gasteiger partial charge in [0.05, 0.1) is 11.0 Å². The molecule has 0 aromatic heterocycles. The van der Waals surface area contributed by atoms with Crippen molar-refractivity contribution in [2.24, 2.45) is 0 Å². The van der Waals surface area contributed by atoms with E-state index in [0.29, 0.717) is 22.3 Å². The van der Waals surface area contributed by atoms with Crippen molar-refractivity contribution in [3.63, 3.8) is 0 Å². The maximum absolute atomic E-state index is 10.9. The summed E-state index contributed by atoms with van der Waals surface area (Å²) in [6, 6.07) is 8.94. The molecule has 0 radical (unpaired) electrons. The third-order valence-electron chi connectivity index (χ3n) is 2.66. The van der Waals surface area contributed by atoms with Gasteiger partial charge in [-0.15, -0.1) is 0 Å². The van der Waals surface area contributed by atoms with Gasteiger partial charge in [0.15, 0.2) is 0 Å². The van der Waals surface area contributed by atoms with E-state index in [0.717, 1.165) is 11.6 Å². The zero-order valence-corrected chi connectivity index (χ0v) is 11.6. The summed E-state index contributed by atoms with van der Waals surface area (Å²) in [6.45, 7) is 0.307. The molecule has 0 fully saturated rings. The molecule has 0 aliphatic carbocycles. The van der Waals surface area contributed by atoms with Gasteiger partial charge in [-0.1, -0.05) is 29.3 Å². The number of hydrogen-bond acceptors (Lipinski definition) is 4. The monoisotopic (exact) mass is 312 g/mol.